The number of imidazole rings is 1. The number of aromatic nitrogens is 2. The summed E-state index contributed by atoms with van der Waals surface area (Å²) in [6.45, 7) is 6.50. The summed E-state index contributed by atoms with van der Waals surface area (Å²) in [4.78, 5) is 39.4. The quantitative estimate of drug-likeness (QED) is 0.804. The second-order valence-corrected chi connectivity index (χ2v) is 8.52. The van der Waals surface area contributed by atoms with Crippen LogP contribution in [-0.4, -0.2) is 34.0 Å². The van der Waals surface area contributed by atoms with Gasteiger partial charge in [0.25, 0.3) is 0 Å². The Balaban J connectivity index is 1.74. The highest BCUT2D eigenvalue weighted by molar-refractivity contribution is 6.00. The summed E-state index contributed by atoms with van der Waals surface area (Å²) in [5.74, 6) is -0.668. The minimum absolute atomic E-state index is 0.213. The van der Waals surface area contributed by atoms with Crippen molar-refractivity contribution < 1.29 is 9.59 Å². The smallest absolute Gasteiger partial charge is 0.329 e. The maximum absolute atomic E-state index is 13.1. The SMILES string of the molecule is CCC1(CC)CCN(c2cccc3c2n(C)c(=O)n3C2CCC(=O)NC2=O)CC1. The average Bonchev–Trinajstić information content (AvgIpc) is 2.99. The lowest BCUT2D eigenvalue weighted by Gasteiger charge is -2.42. The average molecular weight is 399 g/mol. The van der Waals surface area contributed by atoms with Crippen LogP contribution in [0.1, 0.15) is 58.4 Å². The molecule has 0 saturated carbocycles. The Morgan fingerprint density at radius 2 is 1.79 bits per heavy atom. The number of anilines is 1. The summed E-state index contributed by atoms with van der Waals surface area (Å²) in [6, 6.07) is 5.28. The van der Waals surface area contributed by atoms with Crippen LogP contribution in [-0.2, 0) is 16.6 Å². The minimum atomic E-state index is -0.645. The van der Waals surface area contributed by atoms with Gasteiger partial charge in [0, 0.05) is 26.6 Å². The number of fused-ring (bicyclic) bond motifs is 1. The summed E-state index contributed by atoms with van der Waals surface area (Å²) >= 11 is 0. The Labute approximate surface area is 170 Å². The van der Waals surface area contributed by atoms with Crippen molar-refractivity contribution >= 4 is 28.5 Å². The van der Waals surface area contributed by atoms with E-state index in [-0.39, 0.29) is 18.0 Å². The van der Waals surface area contributed by atoms with E-state index in [0.717, 1.165) is 42.7 Å². The largest absolute Gasteiger partial charge is 0.370 e. The van der Waals surface area contributed by atoms with E-state index in [1.807, 2.05) is 12.1 Å². The minimum Gasteiger partial charge on any atom is -0.370 e. The van der Waals surface area contributed by atoms with Crippen molar-refractivity contribution in [2.24, 2.45) is 12.5 Å². The molecule has 29 heavy (non-hydrogen) atoms. The van der Waals surface area contributed by atoms with Gasteiger partial charge < -0.3 is 4.90 Å². The van der Waals surface area contributed by atoms with Crippen molar-refractivity contribution in [2.75, 3.05) is 18.0 Å². The molecule has 1 aromatic heterocycles. The molecule has 2 aromatic rings. The number of para-hydroxylation sites is 1. The van der Waals surface area contributed by atoms with Gasteiger partial charge in [-0.05, 0) is 36.8 Å². The van der Waals surface area contributed by atoms with E-state index in [0.29, 0.717) is 11.8 Å². The highest BCUT2D eigenvalue weighted by atomic mass is 16.2. The van der Waals surface area contributed by atoms with Gasteiger partial charge in [-0.25, -0.2) is 4.79 Å². The number of amides is 2. The lowest BCUT2D eigenvalue weighted by atomic mass is 9.74. The summed E-state index contributed by atoms with van der Waals surface area (Å²) < 4.78 is 3.21. The number of carbonyl (C=O) groups is 2. The van der Waals surface area contributed by atoms with E-state index in [1.54, 1.807) is 16.2 Å². The molecule has 2 amide bonds. The van der Waals surface area contributed by atoms with Crippen LogP contribution >= 0.6 is 0 Å². The summed E-state index contributed by atoms with van der Waals surface area (Å²) in [5.41, 5.74) is 2.88. The molecule has 0 radical (unpaired) electrons. The van der Waals surface area contributed by atoms with Gasteiger partial charge in [-0.15, -0.1) is 0 Å². The number of aryl methyl sites for hydroxylation is 1. The van der Waals surface area contributed by atoms with E-state index in [2.05, 4.69) is 30.1 Å². The van der Waals surface area contributed by atoms with Crippen LogP contribution < -0.4 is 15.9 Å². The van der Waals surface area contributed by atoms with E-state index in [9.17, 15) is 14.4 Å². The van der Waals surface area contributed by atoms with Gasteiger partial charge in [0.2, 0.25) is 11.8 Å². The highest BCUT2D eigenvalue weighted by Crippen LogP contribution is 2.40. The van der Waals surface area contributed by atoms with Crippen molar-refractivity contribution in [3.8, 4) is 0 Å². The molecular weight excluding hydrogens is 368 g/mol. The standard InChI is InChI=1S/C22H30N4O3/c1-4-22(5-2)11-13-25(14-12-22)15-7-6-8-16-19(15)24(3)21(29)26(16)17-9-10-18(27)23-20(17)28/h6-8,17H,4-5,9-14H2,1-3H3,(H,23,27,28). The first-order valence-electron chi connectivity index (χ1n) is 10.7. The normalized spacial score (nSPS) is 22.2. The number of benzene rings is 1. The van der Waals surface area contributed by atoms with Crippen LogP contribution in [0.4, 0.5) is 5.69 Å². The van der Waals surface area contributed by atoms with Gasteiger partial charge >= 0.3 is 5.69 Å². The fourth-order valence-electron chi connectivity index (χ4n) is 5.08. The van der Waals surface area contributed by atoms with Crippen LogP contribution in [0.25, 0.3) is 11.0 Å². The van der Waals surface area contributed by atoms with E-state index >= 15 is 0 Å². The number of imide groups is 1. The van der Waals surface area contributed by atoms with Gasteiger partial charge in [0.15, 0.2) is 0 Å². The summed E-state index contributed by atoms with van der Waals surface area (Å²) in [6.07, 6.45) is 5.31. The van der Waals surface area contributed by atoms with Crippen LogP contribution in [0.2, 0.25) is 0 Å². The molecule has 7 heteroatoms. The number of hydrogen-bond donors (Lipinski definition) is 1. The van der Waals surface area contributed by atoms with Crippen molar-refractivity contribution in [3.63, 3.8) is 0 Å². The molecule has 1 aromatic carbocycles. The van der Waals surface area contributed by atoms with E-state index in [1.165, 1.54) is 12.8 Å². The van der Waals surface area contributed by atoms with Gasteiger partial charge in [0.05, 0.1) is 16.7 Å². The predicted molar refractivity (Wildman–Crippen MR) is 113 cm³/mol. The first-order chi connectivity index (χ1) is 13.9. The van der Waals surface area contributed by atoms with Gasteiger partial charge in [-0.1, -0.05) is 32.8 Å². The second kappa shape index (κ2) is 7.35. The topological polar surface area (TPSA) is 76.3 Å². The number of hydrogen-bond acceptors (Lipinski definition) is 4. The van der Waals surface area contributed by atoms with Crippen LogP contribution in [0, 0.1) is 5.41 Å². The molecule has 2 aliphatic rings. The molecule has 2 fully saturated rings. The fraction of sp³-hybridized carbons (Fsp3) is 0.591. The molecule has 7 nitrogen and oxygen atoms in total. The number of nitrogens with one attached hydrogen (secondary N) is 1. The first kappa shape index (κ1) is 19.7. The molecule has 2 saturated heterocycles. The second-order valence-electron chi connectivity index (χ2n) is 8.52. The zero-order valence-corrected chi connectivity index (χ0v) is 17.5. The molecular formula is C22H30N4O3. The molecule has 1 atom stereocenters. The van der Waals surface area contributed by atoms with E-state index in [4.69, 9.17) is 0 Å². The molecule has 0 aliphatic carbocycles. The number of rotatable bonds is 4. The lowest BCUT2D eigenvalue weighted by molar-refractivity contribution is -0.135. The van der Waals surface area contributed by atoms with Gasteiger partial charge in [0.1, 0.15) is 6.04 Å². The molecule has 1 unspecified atom stereocenters. The fourth-order valence-corrected chi connectivity index (χ4v) is 5.08. The van der Waals surface area contributed by atoms with Crippen molar-refractivity contribution in [1.29, 1.82) is 0 Å². The Hall–Kier alpha value is -2.57. The maximum Gasteiger partial charge on any atom is 0.329 e. The van der Waals surface area contributed by atoms with Crippen LogP contribution in [0.5, 0.6) is 0 Å². The summed E-state index contributed by atoms with van der Waals surface area (Å²) in [7, 11) is 1.77. The van der Waals surface area contributed by atoms with Crippen molar-refractivity contribution in [3.05, 3.63) is 28.7 Å². The third-order valence-corrected chi connectivity index (χ3v) is 7.27. The van der Waals surface area contributed by atoms with Gasteiger partial charge in [-0.2, -0.15) is 0 Å². The Kier molecular flexibility index (Phi) is 5.00. The predicted octanol–water partition coefficient (Wildman–Crippen LogP) is 2.72. The third-order valence-electron chi connectivity index (χ3n) is 7.27. The van der Waals surface area contributed by atoms with Crippen molar-refractivity contribution in [2.45, 2.75) is 58.4 Å². The van der Waals surface area contributed by atoms with Crippen molar-refractivity contribution in [1.82, 2.24) is 14.5 Å². The number of piperidine rings is 2. The van der Waals surface area contributed by atoms with Crippen LogP contribution in [0.3, 0.4) is 0 Å². The molecule has 3 heterocycles. The number of nitrogens with zero attached hydrogens (tertiary/aromatic N) is 3. The summed E-state index contributed by atoms with van der Waals surface area (Å²) in [5, 5.41) is 2.37. The van der Waals surface area contributed by atoms with Gasteiger partial charge in [-0.3, -0.25) is 24.0 Å². The zero-order chi connectivity index (χ0) is 20.8. The Morgan fingerprint density at radius 3 is 2.41 bits per heavy atom. The molecule has 156 valence electrons. The monoisotopic (exact) mass is 398 g/mol. The van der Waals surface area contributed by atoms with Crippen LogP contribution in [0.15, 0.2) is 23.0 Å². The first-order valence-corrected chi connectivity index (χ1v) is 10.7. The zero-order valence-electron chi connectivity index (χ0n) is 17.5. The van der Waals surface area contributed by atoms with E-state index < -0.39 is 11.9 Å². The molecule has 2 aliphatic heterocycles. The number of carbonyl (C=O) groups excluding carboxylic acids is 2. The lowest BCUT2D eigenvalue weighted by Crippen LogP contribution is -2.44. The molecule has 1 N–H and O–H groups in total. The highest BCUT2D eigenvalue weighted by Gasteiger charge is 2.34. The Morgan fingerprint density at radius 1 is 1.10 bits per heavy atom. The third kappa shape index (κ3) is 3.16. The molecule has 0 bridgehead atoms. The Bertz CT molecular complexity index is 1000. The molecule has 4 rings (SSSR count). The molecule has 0 spiro atoms. The maximum atomic E-state index is 13.1.